The molecule has 1 aliphatic rings. The largest absolute Gasteiger partial charge is 0.492 e. The van der Waals surface area contributed by atoms with Crippen LogP contribution in [0.3, 0.4) is 0 Å². The van der Waals surface area contributed by atoms with E-state index >= 15 is 0 Å². The van der Waals surface area contributed by atoms with E-state index in [1.54, 1.807) is 0 Å². The number of nitriles is 1. The highest BCUT2D eigenvalue weighted by Gasteiger charge is 2.43. The zero-order valence-corrected chi connectivity index (χ0v) is 11.0. The molecule has 1 aromatic carbocycles. The van der Waals surface area contributed by atoms with Crippen molar-refractivity contribution in [1.82, 2.24) is 0 Å². The van der Waals surface area contributed by atoms with Gasteiger partial charge in [0.1, 0.15) is 5.75 Å². The van der Waals surface area contributed by atoms with Gasteiger partial charge in [0.25, 0.3) is 0 Å². The summed E-state index contributed by atoms with van der Waals surface area (Å²) >= 11 is 5.98. The smallest absolute Gasteiger partial charge is 0.125 e. The van der Waals surface area contributed by atoms with Crippen LogP contribution in [0.2, 0.25) is 5.02 Å². The van der Waals surface area contributed by atoms with Crippen LogP contribution in [0.4, 0.5) is 0 Å². The Hall–Kier alpha value is -1.20. The number of nitrogens with zero attached hydrogens (tertiary/aromatic N) is 1. The van der Waals surface area contributed by atoms with E-state index in [9.17, 15) is 0 Å². The van der Waals surface area contributed by atoms with Crippen LogP contribution < -0.4 is 4.74 Å². The molecule has 2 nitrogen and oxygen atoms in total. The molecule has 0 atom stereocenters. The molecule has 0 bridgehead atoms. The second kappa shape index (κ2) is 4.58. The molecular formula is C14H16ClNO. The van der Waals surface area contributed by atoms with Crippen LogP contribution in [0.15, 0.2) is 12.1 Å². The lowest BCUT2D eigenvalue weighted by Gasteiger charge is -2.16. The molecule has 0 radical (unpaired) electrons. The fourth-order valence-corrected chi connectivity index (χ4v) is 2.39. The molecule has 3 heteroatoms. The maximum absolute atomic E-state index is 8.76. The third-order valence-corrected chi connectivity index (χ3v) is 3.58. The van der Waals surface area contributed by atoms with Crippen LogP contribution in [-0.4, -0.2) is 6.61 Å². The van der Waals surface area contributed by atoms with E-state index in [-0.39, 0.29) is 5.41 Å². The summed E-state index contributed by atoms with van der Waals surface area (Å²) in [6.45, 7) is 4.64. The molecule has 0 N–H and O–H groups in total. The van der Waals surface area contributed by atoms with Crippen molar-refractivity contribution >= 4 is 11.6 Å². The second-order valence-electron chi connectivity index (χ2n) is 4.99. The first-order chi connectivity index (χ1) is 8.06. The van der Waals surface area contributed by atoms with Gasteiger partial charge in [-0.05, 0) is 49.9 Å². The zero-order valence-electron chi connectivity index (χ0n) is 10.2. The van der Waals surface area contributed by atoms with Crippen molar-refractivity contribution in [2.24, 2.45) is 5.41 Å². The third-order valence-electron chi connectivity index (χ3n) is 3.36. The van der Waals surface area contributed by atoms with E-state index in [1.165, 1.54) is 0 Å². The Morgan fingerprint density at radius 3 is 2.41 bits per heavy atom. The maximum Gasteiger partial charge on any atom is 0.125 e. The number of aryl methyl sites for hydroxylation is 2. The van der Waals surface area contributed by atoms with Gasteiger partial charge in [-0.25, -0.2) is 0 Å². The molecule has 0 aromatic heterocycles. The number of hydrogen-bond acceptors (Lipinski definition) is 2. The lowest BCUT2D eigenvalue weighted by molar-refractivity contribution is 0.234. The van der Waals surface area contributed by atoms with Crippen LogP contribution in [0.5, 0.6) is 5.75 Å². The summed E-state index contributed by atoms with van der Waals surface area (Å²) in [5.74, 6) is 0.915. The molecule has 2 rings (SSSR count). The van der Waals surface area contributed by atoms with E-state index in [0.717, 1.165) is 34.7 Å². The van der Waals surface area contributed by atoms with Gasteiger partial charge < -0.3 is 4.74 Å². The predicted octanol–water partition coefficient (Wildman–Crippen LogP) is 4.03. The van der Waals surface area contributed by atoms with E-state index in [4.69, 9.17) is 21.6 Å². The molecular weight excluding hydrogens is 234 g/mol. The average molecular weight is 250 g/mol. The van der Waals surface area contributed by atoms with Crippen molar-refractivity contribution in [3.8, 4) is 11.8 Å². The zero-order chi connectivity index (χ0) is 12.5. The quantitative estimate of drug-likeness (QED) is 0.807. The minimum absolute atomic E-state index is 0.118. The van der Waals surface area contributed by atoms with E-state index in [2.05, 4.69) is 6.07 Å². The van der Waals surface area contributed by atoms with E-state index in [0.29, 0.717) is 13.0 Å². The Morgan fingerprint density at radius 2 is 1.94 bits per heavy atom. The molecule has 1 aliphatic carbocycles. The van der Waals surface area contributed by atoms with Crippen molar-refractivity contribution in [2.45, 2.75) is 33.1 Å². The highest BCUT2D eigenvalue weighted by Crippen LogP contribution is 2.49. The topological polar surface area (TPSA) is 33.0 Å². The normalized spacial score (nSPS) is 16.4. The van der Waals surface area contributed by atoms with Crippen LogP contribution in [-0.2, 0) is 0 Å². The van der Waals surface area contributed by atoms with Gasteiger partial charge in [-0.15, -0.1) is 0 Å². The Balaban J connectivity index is 2.07. The van der Waals surface area contributed by atoms with Crippen molar-refractivity contribution in [3.63, 3.8) is 0 Å². The average Bonchev–Trinajstić information content (AvgIpc) is 2.97. The number of ether oxygens (including phenoxy) is 1. The predicted molar refractivity (Wildman–Crippen MR) is 68.3 cm³/mol. The third kappa shape index (κ3) is 2.73. The number of hydrogen-bond donors (Lipinski definition) is 0. The first-order valence-corrected chi connectivity index (χ1v) is 6.21. The van der Waals surface area contributed by atoms with Gasteiger partial charge in [-0.3, -0.25) is 0 Å². The summed E-state index contributed by atoms with van der Waals surface area (Å²) in [6, 6.07) is 6.06. The van der Waals surface area contributed by atoms with Gasteiger partial charge >= 0.3 is 0 Å². The summed E-state index contributed by atoms with van der Waals surface area (Å²) in [6.07, 6.45) is 2.80. The molecule has 90 valence electrons. The molecule has 0 aliphatic heterocycles. The summed E-state index contributed by atoms with van der Waals surface area (Å²) in [4.78, 5) is 0. The molecule has 0 amide bonds. The minimum Gasteiger partial charge on any atom is -0.492 e. The van der Waals surface area contributed by atoms with Crippen molar-refractivity contribution in [3.05, 3.63) is 28.3 Å². The first-order valence-electron chi connectivity index (χ1n) is 5.83. The molecule has 17 heavy (non-hydrogen) atoms. The van der Waals surface area contributed by atoms with Crippen LogP contribution in [0, 0.1) is 30.6 Å². The van der Waals surface area contributed by atoms with Gasteiger partial charge in [0.15, 0.2) is 0 Å². The van der Waals surface area contributed by atoms with Crippen molar-refractivity contribution < 1.29 is 4.74 Å². The number of rotatable bonds is 4. The Kier molecular flexibility index (Phi) is 3.31. The molecule has 1 aromatic rings. The van der Waals surface area contributed by atoms with Crippen LogP contribution >= 0.6 is 11.6 Å². The molecule has 0 saturated heterocycles. The standard InChI is InChI=1S/C14H16ClNO/c1-10-7-12(15)8-11(2)13(10)17-9-14(3-4-14)5-6-16/h7-8H,3-5,9H2,1-2H3. The SMILES string of the molecule is Cc1cc(Cl)cc(C)c1OCC1(CC#N)CC1. The fourth-order valence-electron chi connectivity index (χ4n) is 2.07. The van der Waals surface area contributed by atoms with Gasteiger partial charge in [0.05, 0.1) is 12.7 Å². The lowest BCUT2D eigenvalue weighted by atomic mass is 10.1. The molecule has 1 fully saturated rings. The molecule has 0 spiro atoms. The van der Waals surface area contributed by atoms with Gasteiger partial charge in [0, 0.05) is 16.9 Å². The number of halogens is 1. The first kappa shape index (κ1) is 12.3. The maximum atomic E-state index is 8.76. The van der Waals surface area contributed by atoms with Gasteiger partial charge in [-0.2, -0.15) is 5.26 Å². The monoisotopic (exact) mass is 249 g/mol. The summed E-state index contributed by atoms with van der Waals surface area (Å²) < 4.78 is 5.89. The summed E-state index contributed by atoms with van der Waals surface area (Å²) in [7, 11) is 0. The Bertz CT molecular complexity index is 449. The summed E-state index contributed by atoms with van der Waals surface area (Å²) in [5.41, 5.74) is 2.23. The van der Waals surface area contributed by atoms with Crippen LogP contribution in [0.25, 0.3) is 0 Å². The van der Waals surface area contributed by atoms with Gasteiger partial charge in [-0.1, -0.05) is 11.6 Å². The van der Waals surface area contributed by atoms with E-state index < -0.39 is 0 Å². The molecule has 0 heterocycles. The Morgan fingerprint density at radius 1 is 1.35 bits per heavy atom. The van der Waals surface area contributed by atoms with Gasteiger partial charge in [0.2, 0.25) is 0 Å². The molecule has 1 saturated carbocycles. The summed E-state index contributed by atoms with van der Waals surface area (Å²) in [5, 5.41) is 9.50. The van der Waals surface area contributed by atoms with Crippen LogP contribution in [0.1, 0.15) is 30.4 Å². The highest BCUT2D eigenvalue weighted by molar-refractivity contribution is 6.30. The lowest BCUT2D eigenvalue weighted by Crippen LogP contribution is -2.13. The van der Waals surface area contributed by atoms with Crippen molar-refractivity contribution in [1.29, 1.82) is 5.26 Å². The Labute approximate surface area is 107 Å². The highest BCUT2D eigenvalue weighted by atomic mass is 35.5. The second-order valence-corrected chi connectivity index (χ2v) is 5.43. The van der Waals surface area contributed by atoms with E-state index in [1.807, 2.05) is 26.0 Å². The van der Waals surface area contributed by atoms with Crippen molar-refractivity contribution in [2.75, 3.05) is 6.61 Å². The number of benzene rings is 1. The minimum atomic E-state index is 0.118. The fraction of sp³-hybridized carbons (Fsp3) is 0.500. The molecule has 0 unspecified atom stereocenters.